The molecule has 122 valence electrons. The quantitative estimate of drug-likeness (QED) is 0.856. The Morgan fingerprint density at radius 1 is 1.18 bits per heavy atom. The van der Waals surface area contributed by atoms with Crippen LogP contribution < -0.4 is 0 Å². The number of rotatable bonds is 1. The molecule has 1 aromatic heterocycles. The van der Waals surface area contributed by atoms with E-state index in [1.165, 1.54) is 12.1 Å². The summed E-state index contributed by atoms with van der Waals surface area (Å²) in [6.07, 6.45) is -3.11. The van der Waals surface area contributed by atoms with Gasteiger partial charge in [0.15, 0.2) is 9.84 Å². The average Bonchev–Trinajstić information content (AvgIpc) is 2.40. The van der Waals surface area contributed by atoms with Gasteiger partial charge in [-0.3, -0.25) is 0 Å². The number of hydrogen-bond acceptors (Lipinski definition) is 4. The molecule has 3 rings (SSSR count). The van der Waals surface area contributed by atoms with E-state index >= 15 is 0 Å². The molecule has 0 aromatic carbocycles. The van der Waals surface area contributed by atoms with E-state index in [1.807, 2.05) is 0 Å². The first-order valence-electron chi connectivity index (χ1n) is 7.13. The number of hydrogen-bond donors (Lipinski definition) is 1. The molecular weight excluding hydrogens is 319 g/mol. The summed E-state index contributed by atoms with van der Waals surface area (Å²) < 4.78 is 62.8. The van der Waals surface area contributed by atoms with Gasteiger partial charge >= 0.3 is 6.18 Å². The number of aromatic nitrogens is 1. The fourth-order valence-corrected chi connectivity index (χ4v) is 6.06. The standard InChI is InChI=1S/C14H16F3NO3S/c15-14(16,17)12-6-2-5-11(18-12)13(19)7-9-3-1-4-10(8-13)22(9,20)21/h2,5-6,9-10,19H,1,3-4,7-8H2. The van der Waals surface area contributed by atoms with Gasteiger partial charge in [-0.15, -0.1) is 0 Å². The Morgan fingerprint density at radius 2 is 1.77 bits per heavy atom. The first-order chi connectivity index (χ1) is 10.1. The highest BCUT2D eigenvalue weighted by atomic mass is 32.2. The van der Waals surface area contributed by atoms with E-state index in [9.17, 15) is 26.7 Å². The molecule has 1 N–H and O–H groups in total. The fraction of sp³-hybridized carbons (Fsp3) is 0.643. The fourth-order valence-electron chi connectivity index (χ4n) is 3.51. The monoisotopic (exact) mass is 335 g/mol. The van der Waals surface area contributed by atoms with Gasteiger partial charge in [-0.25, -0.2) is 13.4 Å². The largest absolute Gasteiger partial charge is 0.433 e. The highest BCUT2D eigenvalue weighted by molar-refractivity contribution is 7.92. The Bertz CT molecular complexity index is 667. The summed E-state index contributed by atoms with van der Waals surface area (Å²) in [5.74, 6) is 0. The van der Waals surface area contributed by atoms with E-state index in [1.54, 1.807) is 0 Å². The minimum Gasteiger partial charge on any atom is -0.383 e. The third-order valence-electron chi connectivity index (χ3n) is 4.63. The summed E-state index contributed by atoms with van der Waals surface area (Å²) in [7, 11) is -3.29. The molecule has 0 amide bonds. The normalized spacial score (nSPS) is 34.4. The molecule has 4 nitrogen and oxygen atoms in total. The van der Waals surface area contributed by atoms with E-state index in [0.29, 0.717) is 12.8 Å². The van der Waals surface area contributed by atoms with Crippen LogP contribution in [0.4, 0.5) is 13.2 Å². The van der Waals surface area contributed by atoms with E-state index in [-0.39, 0.29) is 18.5 Å². The zero-order valence-corrected chi connectivity index (χ0v) is 12.5. The summed E-state index contributed by atoms with van der Waals surface area (Å²) in [6.45, 7) is 0. The predicted octanol–water partition coefficient (Wildman–Crippen LogP) is 2.42. The summed E-state index contributed by atoms with van der Waals surface area (Å²) in [6, 6.07) is 3.37. The van der Waals surface area contributed by atoms with Crippen LogP contribution in [-0.2, 0) is 21.6 Å². The van der Waals surface area contributed by atoms with Crippen molar-refractivity contribution in [2.45, 2.75) is 54.4 Å². The van der Waals surface area contributed by atoms with Gasteiger partial charge in [0.1, 0.15) is 11.3 Å². The number of halogens is 3. The third kappa shape index (κ3) is 2.52. The van der Waals surface area contributed by atoms with Crippen LogP contribution in [0.3, 0.4) is 0 Å². The van der Waals surface area contributed by atoms with Crippen LogP contribution in [0.15, 0.2) is 18.2 Å². The number of sulfone groups is 1. The van der Waals surface area contributed by atoms with Crippen LogP contribution in [0.25, 0.3) is 0 Å². The number of nitrogens with zero attached hydrogens (tertiary/aromatic N) is 1. The summed E-state index contributed by atoms with van der Waals surface area (Å²) >= 11 is 0. The maximum absolute atomic E-state index is 12.8. The molecule has 2 aliphatic rings. The van der Waals surface area contributed by atoms with Crippen molar-refractivity contribution in [1.29, 1.82) is 0 Å². The lowest BCUT2D eigenvalue weighted by molar-refractivity contribution is -0.141. The smallest absolute Gasteiger partial charge is 0.383 e. The van der Waals surface area contributed by atoms with Crippen LogP contribution >= 0.6 is 0 Å². The second kappa shape index (κ2) is 4.92. The van der Waals surface area contributed by atoms with Crippen LogP contribution in [-0.4, -0.2) is 29.0 Å². The van der Waals surface area contributed by atoms with E-state index in [2.05, 4.69) is 4.98 Å². The molecule has 2 fully saturated rings. The van der Waals surface area contributed by atoms with Gasteiger partial charge in [0, 0.05) is 0 Å². The van der Waals surface area contributed by atoms with Gasteiger partial charge in [-0.2, -0.15) is 13.2 Å². The zero-order valence-electron chi connectivity index (χ0n) is 11.7. The molecule has 22 heavy (non-hydrogen) atoms. The predicted molar refractivity (Wildman–Crippen MR) is 72.7 cm³/mol. The third-order valence-corrected chi connectivity index (χ3v) is 7.29. The minimum absolute atomic E-state index is 0.0832. The van der Waals surface area contributed by atoms with Crippen molar-refractivity contribution in [3.63, 3.8) is 0 Å². The maximum Gasteiger partial charge on any atom is 0.433 e. The van der Waals surface area contributed by atoms with E-state index in [0.717, 1.165) is 12.5 Å². The molecule has 2 unspecified atom stereocenters. The highest BCUT2D eigenvalue weighted by Crippen LogP contribution is 2.45. The van der Waals surface area contributed by atoms with Crippen molar-refractivity contribution in [2.75, 3.05) is 0 Å². The number of fused-ring (bicyclic) bond motifs is 2. The first-order valence-corrected chi connectivity index (χ1v) is 8.74. The summed E-state index contributed by atoms with van der Waals surface area (Å²) in [4.78, 5) is 3.54. The van der Waals surface area contributed by atoms with Crippen LogP contribution in [0.5, 0.6) is 0 Å². The van der Waals surface area contributed by atoms with E-state index in [4.69, 9.17) is 0 Å². The molecule has 3 heterocycles. The zero-order chi connectivity index (χ0) is 16.2. The van der Waals surface area contributed by atoms with Crippen molar-refractivity contribution < 1.29 is 26.7 Å². The molecule has 2 saturated heterocycles. The Morgan fingerprint density at radius 3 is 2.32 bits per heavy atom. The van der Waals surface area contributed by atoms with Gasteiger partial charge in [0.2, 0.25) is 0 Å². The molecule has 2 bridgehead atoms. The summed E-state index contributed by atoms with van der Waals surface area (Å²) in [5.41, 5.74) is -2.77. The summed E-state index contributed by atoms with van der Waals surface area (Å²) in [5, 5.41) is 9.39. The maximum atomic E-state index is 12.8. The molecule has 1 aromatic rings. The van der Waals surface area contributed by atoms with Gasteiger partial charge < -0.3 is 5.11 Å². The number of alkyl halides is 3. The van der Waals surface area contributed by atoms with Crippen molar-refractivity contribution >= 4 is 9.84 Å². The highest BCUT2D eigenvalue weighted by Gasteiger charge is 2.51. The van der Waals surface area contributed by atoms with Gasteiger partial charge in [0.05, 0.1) is 16.2 Å². The minimum atomic E-state index is -4.59. The molecule has 0 radical (unpaired) electrons. The van der Waals surface area contributed by atoms with Crippen LogP contribution in [0, 0.1) is 0 Å². The molecule has 0 spiro atoms. The van der Waals surface area contributed by atoms with Crippen molar-refractivity contribution in [1.82, 2.24) is 4.98 Å². The molecule has 2 aliphatic heterocycles. The lowest BCUT2D eigenvalue weighted by Gasteiger charge is -2.43. The molecule has 0 aliphatic carbocycles. The SMILES string of the molecule is O=S1(=O)C2CCCC1CC(O)(c1cccc(C(F)(F)F)n1)C2. The second-order valence-electron chi connectivity index (χ2n) is 6.11. The first kappa shape index (κ1) is 15.7. The van der Waals surface area contributed by atoms with Crippen molar-refractivity contribution in [3.8, 4) is 0 Å². The molecule has 8 heteroatoms. The lowest BCUT2D eigenvalue weighted by atomic mass is 9.83. The van der Waals surface area contributed by atoms with Crippen molar-refractivity contribution in [3.05, 3.63) is 29.6 Å². The van der Waals surface area contributed by atoms with Gasteiger partial charge in [-0.05, 0) is 37.8 Å². The number of pyridine rings is 1. The van der Waals surface area contributed by atoms with Gasteiger partial charge in [-0.1, -0.05) is 12.5 Å². The van der Waals surface area contributed by atoms with Gasteiger partial charge in [0.25, 0.3) is 0 Å². The van der Waals surface area contributed by atoms with Crippen LogP contribution in [0.2, 0.25) is 0 Å². The average molecular weight is 335 g/mol. The van der Waals surface area contributed by atoms with Crippen LogP contribution in [0.1, 0.15) is 43.5 Å². The molecular formula is C14H16F3NO3S. The Balaban J connectivity index is 1.99. The Labute approximate surface area is 126 Å². The molecule has 2 atom stereocenters. The molecule has 0 saturated carbocycles. The Kier molecular flexibility index (Phi) is 3.52. The second-order valence-corrected chi connectivity index (χ2v) is 8.62. The topological polar surface area (TPSA) is 67.3 Å². The van der Waals surface area contributed by atoms with Crippen molar-refractivity contribution in [2.24, 2.45) is 0 Å². The lowest BCUT2D eigenvalue weighted by Crippen LogP contribution is -2.50. The number of aliphatic hydroxyl groups is 1. The Hall–Kier alpha value is -1.15. The van der Waals surface area contributed by atoms with E-state index < -0.39 is 37.8 Å².